The number of nitrogens with zero attached hydrogens (tertiary/aromatic N) is 6. The second-order valence-corrected chi connectivity index (χ2v) is 7.23. The maximum absolute atomic E-state index is 4.44. The van der Waals surface area contributed by atoms with E-state index in [0.29, 0.717) is 18.0 Å². The van der Waals surface area contributed by atoms with Gasteiger partial charge in [-0.2, -0.15) is 0 Å². The molecule has 1 saturated heterocycles. The maximum atomic E-state index is 4.44. The second-order valence-electron chi connectivity index (χ2n) is 7.23. The zero-order valence-electron chi connectivity index (χ0n) is 14.6. The summed E-state index contributed by atoms with van der Waals surface area (Å²) in [7, 11) is 0. The van der Waals surface area contributed by atoms with Crippen molar-refractivity contribution in [1.29, 1.82) is 0 Å². The lowest BCUT2D eigenvalue weighted by molar-refractivity contribution is 0.0738. The van der Waals surface area contributed by atoms with Gasteiger partial charge in [0.2, 0.25) is 0 Å². The molecule has 1 aromatic heterocycles. The lowest BCUT2D eigenvalue weighted by atomic mass is 10.00. The van der Waals surface area contributed by atoms with Gasteiger partial charge in [-0.05, 0) is 29.2 Å². The molecule has 1 aliphatic carbocycles. The molecule has 3 rings (SSSR count). The van der Waals surface area contributed by atoms with Gasteiger partial charge in [0.25, 0.3) is 0 Å². The van der Waals surface area contributed by atoms with Crippen LogP contribution in [0, 0.1) is 5.92 Å². The summed E-state index contributed by atoms with van der Waals surface area (Å²) in [5.41, 5.74) is 0. The first kappa shape index (κ1) is 16.6. The molecule has 6 nitrogen and oxygen atoms in total. The molecule has 0 amide bonds. The molecule has 1 saturated carbocycles. The lowest BCUT2D eigenvalue weighted by Crippen LogP contribution is -2.49. The summed E-state index contributed by atoms with van der Waals surface area (Å²) in [6, 6.07) is 0.819. The zero-order chi connectivity index (χ0) is 16.2. The molecule has 0 spiro atoms. The molecular weight excluding hydrogens is 288 g/mol. The standard InChI is InChI=1S/C17H30N6/c1-4-9-21-10-12-22(13-11-21)16(14(2)3)17-18-19-20-23(17)15-7-5-6-8-15/h4,14-16H,1,5-13H2,2-3H3/t16-/m0/s1. The smallest absolute Gasteiger partial charge is 0.168 e. The van der Waals surface area contributed by atoms with E-state index in [1.165, 1.54) is 25.7 Å². The topological polar surface area (TPSA) is 50.1 Å². The highest BCUT2D eigenvalue weighted by Gasteiger charge is 2.33. The Morgan fingerprint density at radius 2 is 1.87 bits per heavy atom. The minimum atomic E-state index is 0.316. The lowest BCUT2D eigenvalue weighted by Gasteiger charge is -2.40. The van der Waals surface area contributed by atoms with Gasteiger partial charge in [-0.3, -0.25) is 9.80 Å². The normalized spacial score (nSPS) is 22.7. The number of hydrogen-bond donors (Lipinski definition) is 0. The molecule has 128 valence electrons. The molecule has 1 atom stereocenters. The van der Waals surface area contributed by atoms with Gasteiger partial charge >= 0.3 is 0 Å². The molecule has 2 aliphatic rings. The van der Waals surface area contributed by atoms with Crippen molar-refractivity contribution in [1.82, 2.24) is 30.0 Å². The molecule has 0 aromatic carbocycles. The Bertz CT molecular complexity index is 497. The van der Waals surface area contributed by atoms with Crippen LogP contribution in [0.4, 0.5) is 0 Å². The van der Waals surface area contributed by atoms with Crippen LogP contribution in [-0.4, -0.2) is 62.7 Å². The summed E-state index contributed by atoms with van der Waals surface area (Å²) in [5.74, 6) is 1.58. The number of tetrazole rings is 1. The van der Waals surface area contributed by atoms with Gasteiger partial charge in [-0.1, -0.05) is 32.8 Å². The zero-order valence-corrected chi connectivity index (χ0v) is 14.6. The van der Waals surface area contributed by atoms with Gasteiger partial charge in [-0.25, -0.2) is 4.68 Å². The van der Waals surface area contributed by atoms with E-state index in [4.69, 9.17) is 0 Å². The summed E-state index contributed by atoms with van der Waals surface area (Å²) < 4.78 is 2.13. The molecule has 0 radical (unpaired) electrons. The Kier molecular flexibility index (Phi) is 5.43. The Hall–Kier alpha value is -1.27. The van der Waals surface area contributed by atoms with Crippen LogP contribution < -0.4 is 0 Å². The molecule has 0 unspecified atom stereocenters. The van der Waals surface area contributed by atoms with Crippen molar-refractivity contribution >= 4 is 0 Å². The summed E-state index contributed by atoms with van der Waals surface area (Å²) in [5, 5.41) is 12.8. The summed E-state index contributed by atoms with van der Waals surface area (Å²) >= 11 is 0. The van der Waals surface area contributed by atoms with Crippen LogP contribution in [-0.2, 0) is 0 Å². The first-order valence-electron chi connectivity index (χ1n) is 9.05. The van der Waals surface area contributed by atoms with Crippen LogP contribution in [0.2, 0.25) is 0 Å². The van der Waals surface area contributed by atoms with Crippen LogP contribution >= 0.6 is 0 Å². The quantitative estimate of drug-likeness (QED) is 0.753. The maximum Gasteiger partial charge on any atom is 0.168 e. The monoisotopic (exact) mass is 318 g/mol. The molecule has 2 fully saturated rings. The Morgan fingerprint density at radius 3 is 2.48 bits per heavy atom. The molecule has 6 heteroatoms. The third-order valence-electron chi connectivity index (χ3n) is 5.27. The van der Waals surface area contributed by atoms with Gasteiger partial charge in [0, 0.05) is 32.7 Å². The van der Waals surface area contributed by atoms with Gasteiger partial charge in [0.1, 0.15) is 0 Å². The van der Waals surface area contributed by atoms with Crippen LogP contribution in [0.1, 0.15) is 57.4 Å². The largest absolute Gasteiger partial charge is 0.297 e. The van der Waals surface area contributed by atoms with E-state index in [9.17, 15) is 0 Å². The Balaban J connectivity index is 1.75. The SMILES string of the molecule is C=CCN1CCN([C@H](c2nnnn2C2CCCC2)C(C)C)CC1. The molecule has 1 aliphatic heterocycles. The van der Waals surface area contributed by atoms with Crippen LogP contribution in [0.3, 0.4) is 0 Å². The van der Waals surface area contributed by atoms with Crippen molar-refractivity contribution in [2.24, 2.45) is 5.92 Å². The first-order valence-corrected chi connectivity index (χ1v) is 9.05. The molecule has 2 heterocycles. The predicted molar refractivity (Wildman–Crippen MR) is 91.1 cm³/mol. The Labute approximate surface area is 139 Å². The van der Waals surface area contributed by atoms with E-state index in [1.807, 2.05) is 6.08 Å². The van der Waals surface area contributed by atoms with Crippen LogP contribution in [0.15, 0.2) is 12.7 Å². The minimum absolute atomic E-state index is 0.316. The van der Waals surface area contributed by atoms with Crippen molar-refractivity contribution < 1.29 is 0 Å². The summed E-state index contributed by atoms with van der Waals surface area (Å²) in [6.07, 6.45) is 7.04. The highest BCUT2D eigenvalue weighted by molar-refractivity contribution is 4.99. The van der Waals surface area contributed by atoms with Gasteiger partial charge in [-0.15, -0.1) is 11.7 Å². The number of rotatable bonds is 6. The highest BCUT2D eigenvalue weighted by Crippen LogP contribution is 2.34. The number of aromatic nitrogens is 4. The molecular formula is C17H30N6. The van der Waals surface area contributed by atoms with E-state index in [0.717, 1.165) is 38.5 Å². The van der Waals surface area contributed by atoms with Crippen LogP contribution in [0.5, 0.6) is 0 Å². The average molecular weight is 318 g/mol. The fourth-order valence-electron chi connectivity index (χ4n) is 4.09. The van der Waals surface area contributed by atoms with Gasteiger partial charge < -0.3 is 0 Å². The van der Waals surface area contributed by atoms with E-state index >= 15 is 0 Å². The molecule has 23 heavy (non-hydrogen) atoms. The third-order valence-corrected chi connectivity index (χ3v) is 5.27. The fourth-order valence-corrected chi connectivity index (χ4v) is 4.09. The summed E-state index contributed by atoms with van der Waals surface area (Å²) in [4.78, 5) is 5.03. The number of hydrogen-bond acceptors (Lipinski definition) is 5. The summed E-state index contributed by atoms with van der Waals surface area (Å²) in [6.45, 7) is 13.8. The minimum Gasteiger partial charge on any atom is -0.297 e. The second kappa shape index (κ2) is 7.53. The first-order chi connectivity index (χ1) is 11.2. The Morgan fingerprint density at radius 1 is 1.17 bits per heavy atom. The fraction of sp³-hybridized carbons (Fsp3) is 0.824. The van der Waals surface area contributed by atoms with Crippen LogP contribution in [0.25, 0.3) is 0 Å². The average Bonchev–Trinajstić information content (AvgIpc) is 3.20. The molecule has 0 N–H and O–H groups in total. The molecule has 1 aromatic rings. The van der Waals surface area contributed by atoms with Crippen molar-refractivity contribution in [2.45, 2.75) is 51.6 Å². The van der Waals surface area contributed by atoms with Crippen molar-refractivity contribution in [3.63, 3.8) is 0 Å². The molecule has 0 bridgehead atoms. The van der Waals surface area contributed by atoms with E-state index < -0.39 is 0 Å². The predicted octanol–water partition coefficient (Wildman–Crippen LogP) is 2.29. The van der Waals surface area contributed by atoms with E-state index in [-0.39, 0.29) is 0 Å². The number of piperazine rings is 1. The van der Waals surface area contributed by atoms with E-state index in [2.05, 4.69) is 50.4 Å². The van der Waals surface area contributed by atoms with Crippen molar-refractivity contribution in [2.75, 3.05) is 32.7 Å². The van der Waals surface area contributed by atoms with E-state index in [1.54, 1.807) is 0 Å². The van der Waals surface area contributed by atoms with Gasteiger partial charge in [0.05, 0.1) is 12.1 Å². The van der Waals surface area contributed by atoms with Gasteiger partial charge in [0.15, 0.2) is 5.82 Å². The third kappa shape index (κ3) is 3.63. The van der Waals surface area contributed by atoms with Crippen molar-refractivity contribution in [3.8, 4) is 0 Å². The van der Waals surface area contributed by atoms with Crippen molar-refractivity contribution in [3.05, 3.63) is 18.5 Å². The highest BCUT2D eigenvalue weighted by atomic mass is 15.6.